The molecule has 0 aromatic rings. The van der Waals surface area contributed by atoms with E-state index in [4.69, 9.17) is 4.74 Å². The van der Waals surface area contributed by atoms with Crippen LogP contribution in [0.4, 0.5) is 0 Å². The summed E-state index contributed by atoms with van der Waals surface area (Å²) < 4.78 is 5.27. The number of hydrogen-bond acceptors (Lipinski definition) is 2. The summed E-state index contributed by atoms with van der Waals surface area (Å²) in [5.41, 5.74) is -0.220. The Morgan fingerprint density at radius 2 is 1.93 bits per heavy atom. The van der Waals surface area contributed by atoms with Crippen LogP contribution in [-0.4, -0.2) is 12.1 Å². The molecule has 0 heterocycles. The van der Waals surface area contributed by atoms with Crippen LogP contribution in [-0.2, 0) is 9.53 Å². The van der Waals surface area contributed by atoms with Crippen LogP contribution in [0.5, 0.6) is 0 Å². The van der Waals surface area contributed by atoms with Crippen LogP contribution >= 0.6 is 0 Å². The molecule has 1 aliphatic rings. The van der Waals surface area contributed by atoms with Crippen LogP contribution in [0.2, 0.25) is 0 Å². The maximum Gasteiger partial charge on any atom is 0.293 e. The Balaban J connectivity index is 2.56. The quantitative estimate of drug-likeness (QED) is 0.649. The summed E-state index contributed by atoms with van der Waals surface area (Å²) in [7, 11) is 0. The SMILES string of the molecule is CCC(C)(OC=O)C1CCC(C)CC1. The van der Waals surface area contributed by atoms with E-state index >= 15 is 0 Å². The molecule has 1 fully saturated rings. The van der Waals surface area contributed by atoms with Crippen LogP contribution in [0, 0.1) is 11.8 Å². The third-order valence-corrected chi connectivity index (χ3v) is 3.90. The minimum Gasteiger partial charge on any atom is -0.461 e. The second-order valence-electron chi connectivity index (χ2n) is 4.84. The molecular formula is C12H22O2. The van der Waals surface area contributed by atoms with E-state index < -0.39 is 0 Å². The Morgan fingerprint density at radius 3 is 2.36 bits per heavy atom. The molecule has 2 heteroatoms. The van der Waals surface area contributed by atoms with Crippen molar-refractivity contribution in [2.45, 2.75) is 58.5 Å². The minimum absolute atomic E-state index is 0.220. The molecule has 2 nitrogen and oxygen atoms in total. The van der Waals surface area contributed by atoms with Crippen molar-refractivity contribution in [1.29, 1.82) is 0 Å². The maximum absolute atomic E-state index is 10.5. The second kappa shape index (κ2) is 4.81. The topological polar surface area (TPSA) is 26.3 Å². The summed E-state index contributed by atoms with van der Waals surface area (Å²) in [4.78, 5) is 10.5. The van der Waals surface area contributed by atoms with Crippen LogP contribution in [0.1, 0.15) is 52.9 Å². The molecular weight excluding hydrogens is 176 g/mol. The summed E-state index contributed by atoms with van der Waals surface area (Å²) in [6.45, 7) is 7.09. The van der Waals surface area contributed by atoms with Crippen molar-refractivity contribution >= 4 is 6.47 Å². The van der Waals surface area contributed by atoms with Crippen LogP contribution in [0.25, 0.3) is 0 Å². The Morgan fingerprint density at radius 1 is 1.36 bits per heavy atom. The van der Waals surface area contributed by atoms with Gasteiger partial charge in [-0.05, 0) is 38.0 Å². The van der Waals surface area contributed by atoms with Gasteiger partial charge >= 0.3 is 0 Å². The zero-order valence-corrected chi connectivity index (χ0v) is 9.58. The van der Waals surface area contributed by atoms with Gasteiger partial charge in [0, 0.05) is 0 Å². The van der Waals surface area contributed by atoms with Crippen LogP contribution in [0.15, 0.2) is 0 Å². The summed E-state index contributed by atoms with van der Waals surface area (Å²) in [6, 6.07) is 0. The molecule has 1 atom stereocenters. The smallest absolute Gasteiger partial charge is 0.293 e. The zero-order valence-electron chi connectivity index (χ0n) is 9.58. The lowest BCUT2D eigenvalue weighted by Crippen LogP contribution is -2.38. The first kappa shape index (κ1) is 11.5. The molecule has 0 saturated heterocycles. The van der Waals surface area contributed by atoms with E-state index in [1.54, 1.807) is 0 Å². The Labute approximate surface area is 87.0 Å². The van der Waals surface area contributed by atoms with Gasteiger partial charge in [-0.25, -0.2) is 0 Å². The van der Waals surface area contributed by atoms with Crippen molar-refractivity contribution in [1.82, 2.24) is 0 Å². The zero-order chi connectivity index (χ0) is 10.6. The second-order valence-corrected chi connectivity index (χ2v) is 4.84. The fourth-order valence-electron chi connectivity index (χ4n) is 2.45. The predicted octanol–water partition coefficient (Wildman–Crippen LogP) is 3.15. The van der Waals surface area contributed by atoms with E-state index in [9.17, 15) is 4.79 Å². The van der Waals surface area contributed by atoms with Gasteiger partial charge in [0.1, 0.15) is 5.60 Å². The Bertz CT molecular complexity index is 183. The molecule has 1 unspecified atom stereocenters. The van der Waals surface area contributed by atoms with Crippen LogP contribution < -0.4 is 0 Å². The minimum atomic E-state index is -0.220. The Kier molecular flexibility index (Phi) is 3.97. The van der Waals surface area contributed by atoms with E-state index in [2.05, 4.69) is 20.8 Å². The highest BCUT2D eigenvalue weighted by Crippen LogP contribution is 2.38. The summed E-state index contributed by atoms with van der Waals surface area (Å²) >= 11 is 0. The molecule has 0 radical (unpaired) electrons. The van der Waals surface area contributed by atoms with Crippen molar-refractivity contribution < 1.29 is 9.53 Å². The van der Waals surface area contributed by atoms with Crippen LogP contribution in [0.3, 0.4) is 0 Å². The Hall–Kier alpha value is -0.530. The standard InChI is InChI=1S/C12H22O2/c1-4-12(3,14-9-13)11-7-5-10(2)6-8-11/h9-11H,4-8H2,1-3H3. The van der Waals surface area contributed by atoms with Crippen molar-refractivity contribution in [3.63, 3.8) is 0 Å². The summed E-state index contributed by atoms with van der Waals surface area (Å²) in [5, 5.41) is 0. The lowest BCUT2D eigenvalue weighted by atomic mass is 9.73. The highest BCUT2D eigenvalue weighted by atomic mass is 16.5. The van der Waals surface area contributed by atoms with Gasteiger partial charge in [-0.2, -0.15) is 0 Å². The molecule has 1 aliphatic carbocycles. The van der Waals surface area contributed by atoms with Gasteiger partial charge in [-0.1, -0.05) is 26.7 Å². The molecule has 0 N–H and O–H groups in total. The number of ether oxygens (including phenoxy) is 1. The predicted molar refractivity (Wildman–Crippen MR) is 57.0 cm³/mol. The molecule has 0 amide bonds. The maximum atomic E-state index is 10.5. The van der Waals surface area contributed by atoms with Gasteiger partial charge in [0.2, 0.25) is 0 Å². The third-order valence-electron chi connectivity index (χ3n) is 3.90. The highest BCUT2D eigenvalue weighted by molar-refractivity contribution is 5.38. The first-order valence-corrected chi connectivity index (χ1v) is 5.74. The fourth-order valence-corrected chi connectivity index (χ4v) is 2.45. The van der Waals surface area contributed by atoms with Gasteiger partial charge in [0.25, 0.3) is 6.47 Å². The van der Waals surface area contributed by atoms with E-state index in [0.29, 0.717) is 12.4 Å². The molecule has 0 spiro atoms. The largest absolute Gasteiger partial charge is 0.461 e. The van der Waals surface area contributed by atoms with E-state index in [1.807, 2.05) is 0 Å². The van der Waals surface area contributed by atoms with Crippen molar-refractivity contribution in [3.05, 3.63) is 0 Å². The monoisotopic (exact) mass is 198 g/mol. The molecule has 0 aliphatic heterocycles. The first-order chi connectivity index (χ1) is 6.62. The fraction of sp³-hybridized carbons (Fsp3) is 0.917. The molecule has 0 bridgehead atoms. The molecule has 1 saturated carbocycles. The third kappa shape index (κ3) is 2.49. The average molecular weight is 198 g/mol. The first-order valence-electron chi connectivity index (χ1n) is 5.74. The molecule has 0 aromatic heterocycles. The van der Waals surface area contributed by atoms with E-state index in [0.717, 1.165) is 12.3 Å². The van der Waals surface area contributed by atoms with Crippen molar-refractivity contribution in [2.24, 2.45) is 11.8 Å². The summed E-state index contributed by atoms with van der Waals surface area (Å²) in [5.74, 6) is 1.41. The average Bonchev–Trinajstić information content (AvgIpc) is 2.19. The van der Waals surface area contributed by atoms with Gasteiger partial charge in [0.05, 0.1) is 0 Å². The normalized spacial score (nSPS) is 31.9. The molecule has 14 heavy (non-hydrogen) atoms. The van der Waals surface area contributed by atoms with E-state index in [1.165, 1.54) is 25.7 Å². The number of hydrogen-bond donors (Lipinski definition) is 0. The number of carbonyl (C=O) groups excluding carboxylic acids is 1. The summed E-state index contributed by atoms with van der Waals surface area (Å²) in [6.07, 6.45) is 5.90. The van der Waals surface area contributed by atoms with Gasteiger partial charge in [-0.15, -0.1) is 0 Å². The van der Waals surface area contributed by atoms with Crippen molar-refractivity contribution in [3.8, 4) is 0 Å². The number of rotatable bonds is 4. The lowest BCUT2D eigenvalue weighted by molar-refractivity contribution is -0.150. The van der Waals surface area contributed by atoms with Crippen molar-refractivity contribution in [2.75, 3.05) is 0 Å². The highest BCUT2D eigenvalue weighted by Gasteiger charge is 2.36. The molecule has 0 aromatic carbocycles. The van der Waals surface area contributed by atoms with Gasteiger partial charge < -0.3 is 4.74 Å². The molecule has 1 rings (SSSR count). The molecule has 82 valence electrons. The number of carbonyl (C=O) groups is 1. The van der Waals surface area contributed by atoms with E-state index in [-0.39, 0.29) is 5.60 Å². The van der Waals surface area contributed by atoms with Gasteiger partial charge in [0.15, 0.2) is 0 Å². The van der Waals surface area contributed by atoms with Gasteiger partial charge in [-0.3, -0.25) is 4.79 Å². The lowest BCUT2D eigenvalue weighted by Gasteiger charge is -2.39.